The Bertz CT molecular complexity index is 933. The molecule has 0 radical (unpaired) electrons. The number of methoxy groups -OCH3 is 1. The molecule has 1 aromatic carbocycles. The molecular formula is C21H22FN3O4. The van der Waals surface area contributed by atoms with Crippen LogP contribution in [0.3, 0.4) is 0 Å². The quantitative estimate of drug-likeness (QED) is 0.663. The first-order chi connectivity index (χ1) is 14.2. The second kappa shape index (κ2) is 9.79. The fraction of sp³-hybridized carbons (Fsp3) is 0.286. The fourth-order valence-corrected chi connectivity index (χ4v) is 3.55. The Labute approximate surface area is 167 Å². The van der Waals surface area contributed by atoms with Crippen LogP contribution in [0.4, 0.5) is 4.39 Å². The van der Waals surface area contributed by atoms with Crippen LogP contribution in [-0.4, -0.2) is 46.4 Å². The lowest BCUT2D eigenvalue weighted by atomic mass is 9.95. The Morgan fingerprint density at radius 2 is 2.03 bits per heavy atom. The fourth-order valence-electron chi connectivity index (χ4n) is 3.55. The number of benzene rings is 1. The number of halogens is 1. The van der Waals surface area contributed by atoms with Crippen molar-refractivity contribution in [2.45, 2.75) is 12.5 Å². The van der Waals surface area contributed by atoms with Crippen molar-refractivity contribution in [3.05, 3.63) is 66.5 Å². The van der Waals surface area contributed by atoms with Crippen molar-refractivity contribution >= 4 is 6.47 Å². The molecule has 152 valence electrons. The normalized spacial score (nSPS) is 18.0. The summed E-state index contributed by atoms with van der Waals surface area (Å²) in [6.07, 6.45) is 8.25. The molecule has 0 saturated carbocycles. The van der Waals surface area contributed by atoms with E-state index in [1.54, 1.807) is 12.3 Å². The van der Waals surface area contributed by atoms with E-state index < -0.39 is 0 Å². The van der Waals surface area contributed by atoms with Gasteiger partial charge in [0.05, 0.1) is 31.9 Å². The first-order valence-corrected chi connectivity index (χ1v) is 9.09. The van der Waals surface area contributed by atoms with Gasteiger partial charge in [-0.3, -0.25) is 9.78 Å². The van der Waals surface area contributed by atoms with Crippen molar-refractivity contribution in [3.8, 4) is 17.1 Å². The SMILES string of the molecule is COc1cc(F)ccc1-c1nccn1[C@@H]1COC[C@H]1Cc1ccncc1.O=CO. The average molecular weight is 399 g/mol. The van der Waals surface area contributed by atoms with Gasteiger partial charge in [-0.15, -0.1) is 0 Å². The summed E-state index contributed by atoms with van der Waals surface area (Å²) in [7, 11) is 1.54. The number of rotatable bonds is 5. The van der Waals surface area contributed by atoms with Crippen LogP contribution in [0.5, 0.6) is 5.75 Å². The van der Waals surface area contributed by atoms with Crippen molar-refractivity contribution in [2.24, 2.45) is 5.92 Å². The molecule has 1 aliphatic rings. The van der Waals surface area contributed by atoms with Gasteiger partial charge >= 0.3 is 0 Å². The number of carboxylic acid groups (broad SMARTS) is 1. The number of hydrogen-bond donors (Lipinski definition) is 1. The maximum Gasteiger partial charge on any atom is 0.290 e. The van der Waals surface area contributed by atoms with Gasteiger partial charge in [-0.05, 0) is 36.2 Å². The molecule has 0 amide bonds. The molecule has 29 heavy (non-hydrogen) atoms. The van der Waals surface area contributed by atoms with Crippen LogP contribution < -0.4 is 4.74 Å². The topological polar surface area (TPSA) is 86.5 Å². The Morgan fingerprint density at radius 1 is 1.28 bits per heavy atom. The van der Waals surface area contributed by atoms with E-state index >= 15 is 0 Å². The zero-order valence-electron chi connectivity index (χ0n) is 15.9. The molecule has 1 fully saturated rings. The molecule has 7 nitrogen and oxygen atoms in total. The second-order valence-corrected chi connectivity index (χ2v) is 6.53. The highest BCUT2D eigenvalue weighted by Gasteiger charge is 2.31. The molecule has 4 rings (SSSR count). The Balaban J connectivity index is 0.000000755. The summed E-state index contributed by atoms with van der Waals surface area (Å²) in [5.74, 6) is 1.24. The van der Waals surface area contributed by atoms with Crippen molar-refractivity contribution in [3.63, 3.8) is 0 Å². The van der Waals surface area contributed by atoms with E-state index in [0.29, 0.717) is 24.9 Å². The number of carbonyl (C=O) groups is 1. The van der Waals surface area contributed by atoms with Crippen LogP contribution >= 0.6 is 0 Å². The van der Waals surface area contributed by atoms with Gasteiger partial charge in [-0.2, -0.15) is 0 Å². The Kier molecular flexibility index (Phi) is 6.91. The minimum Gasteiger partial charge on any atom is -0.496 e. The number of hydrogen-bond acceptors (Lipinski definition) is 5. The van der Waals surface area contributed by atoms with E-state index in [0.717, 1.165) is 17.8 Å². The molecule has 0 bridgehead atoms. The van der Waals surface area contributed by atoms with Gasteiger partial charge in [0, 0.05) is 36.8 Å². The second-order valence-electron chi connectivity index (χ2n) is 6.53. The van der Waals surface area contributed by atoms with Gasteiger partial charge in [0.25, 0.3) is 6.47 Å². The number of ether oxygens (including phenoxy) is 2. The number of imidazole rings is 1. The third-order valence-electron chi connectivity index (χ3n) is 4.84. The van der Waals surface area contributed by atoms with Gasteiger partial charge < -0.3 is 19.1 Å². The third kappa shape index (κ3) is 4.78. The largest absolute Gasteiger partial charge is 0.496 e. The predicted octanol–water partition coefficient (Wildman–Crippen LogP) is 3.22. The minimum atomic E-state index is -0.330. The molecule has 3 aromatic rings. The molecule has 0 aliphatic carbocycles. The van der Waals surface area contributed by atoms with E-state index in [1.165, 1.54) is 24.8 Å². The summed E-state index contributed by atoms with van der Waals surface area (Å²) in [4.78, 5) is 16.9. The molecule has 2 aromatic heterocycles. The van der Waals surface area contributed by atoms with Crippen LogP contribution in [0.15, 0.2) is 55.1 Å². The van der Waals surface area contributed by atoms with Crippen LogP contribution in [-0.2, 0) is 16.0 Å². The van der Waals surface area contributed by atoms with Crippen LogP contribution in [0, 0.1) is 11.7 Å². The monoisotopic (exact) mass is 399 g/mol. The highest BCUT2D eigenvalue weighted by Crippen LogP contribution is 2.35. The van der Waals surface area contributed by atoms with Crippen molar-refractivity contribution in [1.29, 1.82) is 0 Å². The maximum atomic E-state index is 13.5. The molecule has 8 heteroatoms. The molecule has 0 unspecified atom stereocenters. The maximum absolute atomic E-state index is 13.5. The highest BCUT2D eigenvalue weighted by atomic mass is 19.1. The number of nitrogens with zero attached hydrogens (tertiary/aromatic N) is 3. The van der Waals surface area contributed by atoms with Gasteiger partial charge in [0.15, 0.2) is 0 Å². The third-order valence-corrected chi connectivity index (χ3v) is 4.84. The van der Waals surface area contributed by atoms with E-state index in [1.807, 2.05) is 30.7 Å². The zero-order chi connectivity index (χ0) is 20.6. The highest BCUT2D eigenvalue weighted by molar-refractivity contribution is 5.64. The van der Waals surface area contributed by atoms with E-state index in [4.69, 9.17) is 19.4 Å². The van der Waals surface area contributed by atoms with Gasteiger partial charge in [-0.25, -0.2) is 9.37 Å². The Morgan fingerprint density at radius 3 is 2.76 bits per heavy atom. The zero-order valence-corrected chi connectivity index (χ0v) is 15.9. The Hall–Kier alpha value is -3.26. The molecule has 1 N–H and O–H groups in total. The van der Waals surface area contributed by atoms with Crippen LogP contribution in [0.2, 0.25) is 0 Å². The summed E-state index contributed by atoms with van der Waals surface area (Å²) in [5, 5.41) is 6.89. The predicted molar refractivity (Wildman–Crippen MR) is 104 cm³/mol. The molecule has 3 heterocycles. The lowest BCUT2D eigenvalue weighted by Crippen LogP contribution is -2.20. The number of pyridine rings is 1. The van der Waals surface area contributed by atoms with Crippen molar-refractivity contribution < 1.29 is 23.8 Å². The van der Waals surface area contributed by atoms with Crippen LogP contribution in [0.1, 0.15) is 11.6 Å². The molecular weight excluding hydrogens is 377 g/mol. The number of aromatic nitrogens is 3. The summed E-state index contributed by atoms with van der Waals surface area (Å²) >= 11 is 0. The van der Waals surface area contributed by atoms with Crippen molar-refractivity contribution in [2.75, 3.05) is 20.3 Å². The minimum absolute atomic E-state index is 0.162. The first kappa shape index (κ1) is 20.5. The van der Waals surface area contributed by atoms with Crippen molar-refractivity contribution in [1.82, 2.24) is 14.5 Å². The molecule has 1 aliphatic heterocycles. The van der Waals surface area contributed by atoms with Crippen LogP contribution in [0.25, 0.3) is 11.4 Å². The lowest BCUT2D eigenvalue weighted by Gasteiger charge is -2.22. The van der Waals surface area contributed by atoms with Gasteiger partial charge in [-0.1, -0.05) is 0 Å². The lowest BCUT2D eigenvalue weighted by molar-refractivity contribution is -0.122. The van der Waals surface area contributed by atoms with E-state index in [9.17, 15) is 4.39 Å². The smallest absolute Gasteiger partial charge is 0.290 e. The van der Waals surface area contributed by atoms with E-state index in [-0.39, 0.29) is 18.3 Å². The summed E-state index contributed by atoms with van der Waals surface area (Å²) in [6, 6.07) is 8.75. The van der Waals surface area contributed by atoms with E-state index in [2.05, 4.69) is 14.5 Å². The molecule has 2 atom stereocenters. The molecule has 1 saturated heterocycles. The summed E-state index contributed by atoms with van der Waals surface area (Å²) in [5.41, 5.74) is 2.01. The first-order valence-electron chi connectivity index (χ1n) is 9.09. The average Bonchev–Trinajstić information content (AvgIpc) is 3.38. The standard InChI is InChI=1S/C20H20FN3O2.CH2O2/c1-25-19-11-16(21)2-3-17(19)20-23-8-9-24(20)18-13-26-12-15(18)10-14-4-6-22-7-5-14;2-1-3/h2-9,11,15,18H,10,12-13H2,1H3;1H,(H,2,3)/t15-,18-;/m1./s1. The summed E-state index contributed by atoms with van der Waals surface area (Å²) < 4.78 is 26.8. The van der Waals surface area contributed by atoms with Gasteiger partial charge in [0.1, 0.15) is 17.4 Å². The van der Waals surface area contributed by atoms with Gasteiger partial charge in [0.2, 0.25) is 0 Å². The summed E-state index contributed by atoms with van der Waals surface area (Å²) in [6.45, 7) is 1.08. The molecule has 0 spiro atoms.